The van der Waals surface area contributed by atoms with Crippen LogP contribution in [0.3, 0.4) is 0 Å². The fourth-order valence-corrected chi connectivity index (χ4v) is 2.49. The Balaban J connectivity index is 1.84. The van der Waals surface area contributed by atoms with Gasteiger partial charge in [0.2, 0.25) is 5.91 Å². The van der Waals surface area contributed by atoms with Gasteiger partial charge < -0.3 is 15.4 Å². The Bertz CT molecular complexity index is 440. The predicted octanol–water partition coefficient (Wildman–Crippen LogP) is 2.94. The molecule has 110 valence electrons. The quantitative estimate of drug-likeness (QED) is 0.840. The summed E-state index contributed by atoms with van der Waals surface area (Å²) in [4.78, 5) is 11.9. The van der Waals surface area contributed by atoms with Crippen molar-refractivity contribution in [1.29, 1.82) is 0 Å². The van der Waals surface area contributed by atoms with Gasteiger partial charge >= 0.3 is 0 Å². The van der Waals surface area contributed by atoms with Crippen molar-refractivity contribution in [2.45, 2.75) is 51.7 Å². The van der Waals surface area contributed by atoms with Crippen LogP contribution < -0.4 is 15.4 Å². The summed E-state index contributed by atoms with van der Waals surface area (Å²) in [5, 5.41) is 6.22. The molecule has 0 atom stereocenters. The van der Waals surface area contributed by atoms with Gasteiger partial charge in [0, 0.05) is 6.04 Å². The molecule has 0 aromatic heterocycles. The first kappa shape index (κ1) is 14.7. The number of hydrogen-bond acceptors (Lipinski definition) is 3. The normalized spacial score (nSPS) is 15.3. The van der Waals surface area contributed by atoms with Gasteiger partial charge in [-0.1, -0.05) is 25.0 Å². The monoisotopic (exact) mass is 276 g/mol. The Kier molecular flexibility index (Phi) is 5.27. The molecule has 0 aliphatic heterocycles. The second kappa shape index (κ2) is 7.17. The molecule has 20 heavy (non-hydrogen) atoms. The van der Waals surface area contributed by atoms with Crippen molar-refractivity contribution < 1.29 is 9.53 Å². The molecule has 0 radical (unpaired) electrons. The van der Waals surface area contributed by atoms with E-state index in [0.29, 0.717) is 6.04 Å². The number of para-hydroxylation sites is 2. The van der Waals surface area contributed by atoms with Gasteiger partial charge in [0.25, 0.3) is 0 Å². The van der Waals surface area contributed by atoms with Gasteiger partial charge in [0.05, 0.1) is 18.3 Å². The summed E-state index contributed by atoms with van der Waals surface area (Å²) in [7, 11) is 0. The Labute approximate surface area is 120 Å². The van der Waals surface area contributed by atoms with E-state index < -0.39 is 0 Å². The van der Waals surface area contributed by atoms with E-state index in [2.05, 4.69) is 10.6 Å². The summed E-state index contributed by atoms with van der Waals surface area (Å²) in [6, 6.07) is 8.08. The summed E-state index contributed by atoms with van der Waals surface area (Å²) < 4.78 is 5.72. The molecule has 1 amide bonds. The van der Waals surface area contributed by atoms with Gasteiger partial charge in [-0.2, -0.15) is 0 Å². The minimum Gasteiger partial charge on any atom is -0.489 e. The van der Waals surface area contributed by atoms with E-state index >= 15 is 0 Å². The average Bonchev–Trinajstić information content (AvgIpc) is 2.90. The van der Waals surface area contributed by atoms with E-state index in [4.69, 9.17) is 4.74 Å². The number of hydrogen-bond donors (Lipinski definition) is 2. The van der Waals surface area contributed by atoms with Crippen LogP contribution in [-0.4, -0.2) is 24.6 Å². The lowest BCUT2D eigenvalue weighted by Crippen LogP contribution is -2.36. The topological polar surface area (TPSA) is 50.4 Å². The zero-order valence-corrected chi connectivity index (χ0v) is 12.3. The number of carbonyl (C=O) groups is 1. The average molecular weight is 276 g/mol. The molecule has 0 saturated heterocycles. The highest BCUT2D eigenvalue weighted by molar-refractivity contribution is 5.81. The van der Waals surface area contributed by atoms with Crippen molar-refractivity contribution in [2.24, 2.45) is 0 Å². The van der Waals surface area contributed by atoms with Crippen LogP contribution in [0.4, 0.5) is 5.69 Å². The highest BCUT2D eigenvalue weighted by atomic mass is 16.5. The first-order valence-electron chi connectivity index (χ1n) is 7.44. The van der Waals surface area contributed by atoms with Gasteiger partial charge in [-0.15, -0.1) is 0 Å². The summed E-state index contributed by atoms with van der Waals surface area (Å²) in [5.41, 5.74) is 0.864. The van der Waals surface area contributed by atoms with Gasteiger partial charge in [0.15, 0.2) is 0 Å². The fraction of sp³-hybridized carbons (Fsp3) is 0.562. The molecule has 4 nitrogen and oxygen atoms in total. The van der Waals surface area contributed by atoms with Crippen LogP contribution in [-0.2, 0) is 4.79 Å². The first-order valence-corrected chi connectivity index (χ1v) is 7.44. The highest BCUT2D eigenvalue weighted by Crippen LogP contribution is 2.24. The van der Waals surface area contributed by atoms with Crippen molar-refractivity contribution in [1.82, 2.24) is 5.32 Å². The summed E-state index contributed by atoms with van der Waals surface area (Å²) in [6.07, 6.45) is 4.79. The highest BCUT2D eigenvalue weighted by Gasteiger charge is 2.17. The van der Waals surface area contributed by atoms with E-state index in [-0.39, 0.29) is 18.6 Å². The van der Waals surface area contributed by atoms with Crippen LogP contribution in [0.15, 0.2) is 24.3 Å². The molecule has 1 saturated carbocycles. The molecule has 1 fully saturated rings. The Morgan fingerprint density at radius 2 is 2.00 bits per heavy atom. The number of amides is 1. The maximum atomic E-state index is 11.9. The second-order valence-electron chi connectivity index (χ2n) is 5.57. The molecule has 0 spiro atoms. The number of nitrogens with one attached hydrogen (secondary N) is 2. The van der Waals surface area contributed by atoms with E-state index in [1.54, 1.807) is 0 Å². The van der Waals surface area contributed by atoms with Crippen LogP contribution in [0.25, 0.3) is 0 Å². The number of anilines is 1. The lowest BCUT2D eigenvalue weighted by molar-refractivity contribution is -0.120. The number of ether oxygens (including phenoxy) is 1. The summed E-state index contributed by atoms with van der Waals surface area (Å²) in [6.45, 7) is 4.27. The molecule has 2 rings (SSSR count). The van der Waals surface area contributed by atoms with Gasteiger partial charge in [-0.05, 0) is 38.8 Å². The van der Waals surface area contributed by atoms with Gasteiger partial charge in [-0.25, -0.2) is 0 Å². The molecule has 1 aliphatic rings. The maximum Gasteiger partial charge on any atom is 0.239 e. The summed E-state index contributed by atoms with van der Waals surface area (Å²) in [5.74, 6) is 0.840. The lowest BCUT2D eigenvalue weighted by atomic mass is 10.2. The predicted molar refractivity (Wildman–Crippen MR) is 81.1 cm³/mol. The molecule has 1 aromatic rings. The first-order chi connectivity index (χ1) is 9.65. The number of benzene rings is 1. The van der Waals surface area contributed by atoms with E-state index in [1.807, 2.05) is 38.1 Å². The number of carbonyl (C=O) groups excluding carboxylic acids is 1. The third-order valence-electron chi connectivity index (χ3n) is 3.41. The van der Waals surface area contributed by atoms with Crippen LogP contribution in [0, 0.1) is 0 Å². The zero-order valence-electron chi connectivity index (χ0n) is 12.3. The van der Waals surface area contributed by atoms with Crippen LogP contribution in [0.2, 0.25) is 0 Å². The lowest BCUT2D eigenvalue weighted by Gasteiger charge is -2.16. The van der Waals surface area contributed by atoms with E-state index in [1.165, 1.54) is 12.8 Å². The fourth-order valence-electron chi connectivity index (χ4n) is 2.49. The minimum atomic E-state index is 0.0521. The second-order valence-corrected chi connectivity index (χ2v) is 5.57. The van der Waals surface area contributed by atoms with Gasteiger partial charge in [0.1, 0.15) is 5.75 Å². The zero-order chi connectivity index (χ0) is 14.4. The standard InChI is InChI=1S/C16H24N2O2/c1-12(2)20-15-10-6-5-9-14(15)17-11-16(19)18-13-7-3-4-8-13/h5-6,9-10,12-13,17H,3-4,7-8,11H2,1-2H3,(H,18,19). The van der Waals surface area contributed by atoms with Crippen molar-refractivity contribution in [3.8, 4) is 5.75 Å². The van der Waals surface area contributed by atoms with Crippen LogP contribution in [0.1, 0.15) is 39.5 Å². The third-order valence-corrected chi connectivity index (χ3v) is 3.41. The van der Waals surface area contributed by atoms with Crippen molar-refractivity contribution in [3.63, 3.8) is 0 Å². The van der Waals surface area contributed by atoms with E-state index in [0.717, 1.165) is 24.3 Å². The van der Waals surface area contributed by atoms with Crippen LogP contribution >= 0.6 is 0 Å². The molecule has 0 unspecified atom stereocenters. The SMILES string of the molecule is CC(C)Oc1ccccc1NCC(=O)NC1CCCC1. The van der Waals surface area contributed by atoms with Crippen molar-refractivity contribution in [3.05, 3.63) is 24.3 Å². The maximum absolute atomic E-state index is 11.9. The molecular weight excluding hydrogens is 252 g/mol. The smallest absolute Gasteiger partial charge is 0.239 e. The third kappa shape index (κ3) is 4.44. The molecule has 2 N–H and O–H groups in total. The Morgan fingerprint density at radius 1 is 1.30 bits per heavy atom. The van der Waals surface area contributed by atoms with Crippen LogP contribution in [0.5, 0.6) is 5.75 Å². The molecule has 0 bridgehead atoms. The van der Waals surface area contributed by atoms with Gasteiger partial charge in [-0.3, -0.25) is 4.79 Å². The Hall–Kier alpha value is -1.71. The molecular formula is C16H24N2O2. The van der Waals surface area contributed by atoms with E-state index in [9.17, 15) is 4.79 Å². The Morgan fingerprint density at radius 3 is 2.70 bits per heavy atom. The minimum absolute atomic E-state index is 0.0521. The van der Waals surface area contributed by atoms with Crippen molar-refractivity contribution in [2.75, 3.05) is 11.9 Å². The largest absolute Gasteiger partial charge is 0.489 e. The van der Waals surface area contributed by atoms with Crippen molar-refractivity contribution >= 4 is 11.6 Å². The molecule has 0 heterocycles. The number of rotatable bonds is 6. The molecule has 1 aromatic carbocycles. The summed E-state index contributed by atoms with van der Waals surface area (Å²) >= 11 is 0. The molecule has 4 heteroatoms. The molecule has 1 aliphatic carbocycles.